The van der Waals surface area contributed by atoms with E-state index in [9.17, 15) is 0 Å². The van der Waals surface area contributed by atoms with Gasteiger partial charge >= 0.3 is 0 Å². The zero-order chi connectivity index (χ0) is 14.7. The van der Waals surface area contributed by atoms with E-state index in [1.807, 2.05) is 6.92 Å². The highest BCUT2D eigenvalue weighted by Crippen LogP contribution is 2.45. The summed E-state index contributed by atoms with van der Waals surface area (Å²) in [6, 6.07) is 4.28. The van der Waals surface area contributed by atoms with Crippen LogP contribution in [-0.4, -0.2) is 16.2 Å². The van der Waals surface area contributed by atoms with Gasteiger partial charge in [-0.15, -0.1) is 11.3 Å². The molecule has 0 radical (unpaired) electrons. The number of fused-ring (bicyclic) bond motifs is 1. The van der Waals surface area contributed by atoms with Crippen molar-refractivity contribution >= 4 is 21.6 Å². The Bertz CT molecular complexity index is 660. The standard InChI is InChI=1S/C16H21NO2S.H3N/c1-9-7-11(8-12-13(9)17-10(2)20-12)14-18-15(3,4)16(5,6)19-14;/h7-8,14H,1-6H3;1H3. The van der Waals surface area contributed by atoms with Crippen LogP contribution in [0.4, 0.5) is 0 Å². The molecule has 1 aliphatic rings. The molecule has 1 aromatic carbocycles. The number of nitrogens with zero attached hydrogens (tertiary/aromatic N) is 1. The number of hydrogen-bond donors (Lipinski definition) is 1. The fourth-order valence-electron chi connectivity index (χ4n) is 2.45. The molecule has 0 aliphatic carbocycles. The summed E-state index contributed by atoms with van der Waals surface area (Å²) in [5.41, 5.74) is 2.75. The van der Waals surface area contributed by atoms with Gasteiger partial charge in [0.1, 0.15) is 0 Å². The minimum atomic E-state index is -0.301. The Morgan fingerprint density at radius 3 is 2.19 bits per heavy atom. The van der Waals surface area contributed by atoms with Crippen molar-refractivity contribution in [1.29, 1.82) is 0 Å². The highest BCUT2D eigenvalue weighted by atomic mass is 32.1. The Balaban J connectivity index is 0.00000161. The average molecular weight is 308 g/mol. The van der Waals surface area contributed by atoms with Gasteiger partial charge < -0.3 is 15.6 Å². The number of aromatic nitrogens is 1. The van der Waals surface area contributed by atoms with E-state index in [2.05, 4.69) is 51.7 Å². The molecule has 21 heavy (non-hydrogen) atoms. The van der Waals surface area contributed by atoms with Crippen molar-refractivity contribution in [2.24, 2.45) is 0 Å². The fraction of sp³-hybridized carbons (Fsp3) is 0.562. The van der Waals surface area contributed by atoms with Gasteiger partial charge in [-0.1, -0.05) is 0 Å². The molecule has 116 valence electrons. The summed E-state index contributed by atoms with van der Waals surface area (Å²) in [7, 11) is 0. The van der Waals surface area contributed by atoms with Crippen molar-refractivity contribution in [1.82, 2.24) is 11.1 Å². The molecule has 3 rings (SSSR count). The van der Waals surface area contributed by atoms with E-state index in [4.69, 9.17) is 9.47 Å². The SMILES string of the molecule is Cc1nc2c(C)cc(C3OC(C)(C)C(C)(C)O3)cc2s1.N. The van der Waals surface area contributed by atoms with Crippen LogP contribution in [0.2, 0.25) is 0 Å². The maximum Gasteiger partial charge on any atom is 0.185 e. The second-order valence-electron chi connectivity index (χ2n) is 6.51. The molecule has 5 heteroatoms. The lowest BCUT2D eigenvalue weighted by molar-refractivity contribution is -0.0895. The van der Waals surface area contributed by atoms with Gasteiger partial charge in [-0.25, -0.2) is 4.98 Å². The number of benzene rings is 1. The Labute approximate surface area is 130 Å². The van der Waals surface area contributed by atoms with Crippen molar-refractivity contribution < 1.29 is 9.47 Å². The van der Waals surface area contributed by atoms with Crippen molar-refractivity contribution in [3.63, 3.8) is 0 Å². The molecular formula is C16H24N2O2S. The van der Waals surface area contributed by atoms with E-state index in [1.165, 1.54) is 10.3 Å². The maximum absolute atomic E-state index is 6.12. The largest absolute Gasteiger partial charge is 0.344 e. The van der Waals surface area contributed by atoms with Crippen molar-refractivity contribution in [3.8, 4) is 0 Å². The second kappa shape index (κ2) is 5.02. The molecule has 0 amide bonds. The zero-order valence-electron chi connectivity index (χ0n) is 13.6. The summed E-state index contributed by atoms with van der Waals surface area (Å²) in [5, 5.41) is 1.09. The molecular weight excluding hydrogens is 284 g/mol. The van der Waals surface area contributed by atoms with Gasteiger partial charge in [0.2, 0.25) is 0 Å². The second-order valence-corrected chi connectivity index (χ2v) is 7.74. The molecule has 0 atom stereocenters. The third-order valence-electron chi connectivity index (χ3n) is 4.34. The fourth-order valence-corrected chi connectivity index (χ4v) is 3.40. The zero-order valence-corrected chi connectivity index (χ0v) is 14.4. The Morgan fingerprint density at radius 2 is 1.62 bits per heavy atom. The molecule has 1 aliphatic heterocycles. The quantitative estimate of drug-likeness (QED) is 0.830. The predicted molar refractivity (Wildman–Crippen MR) is 87.2 cm³/mol. The molecule has 0 saturated carbocycles. The topological polar surface area (TPSA) is 66.3 Å². The van der Waals surface area contributed by atoms with Gasteiger partial charge in [0, 0.05) is 5.56 Å². The van der Waals surface area contributed by atoms with Crippen LogP contribution in [-0.2, 0) is 9.47 Å². The highest BCUT2D eigenvalue weighted by Gasteiger charge is 2.49. The number of hydrogen-bond acceptors (Lipinski definition) is 5. The van der Waals surface area contributed by atoms with E-state index < -0.39 is 0 Å². The monoisotopic (exact) mass is 308 g/mol. The van der Waals surface area contributed by atoms with Crippen LogP contribution < -0.4 is 6.15 Å². The highest BCUT2D eigenvalue weighted by molar-refractivity contribution is 7.18. The summed E-state index contributed by atoms with van der Waals surface area (Å²) < 4.78 is 13.4. The van der Waals surface area contributed by atoms with Crippen LogP contribution in [0.3, 0.4) is 0 Å². The van der Waals surface area contributed by atoms with Crippen LogP contribution >= 0.6 is 11.3 Å². The molecule has 0 spiro atoms. The van der Waals surface area contributed by atoms with Gasteiger partial charge in [0.15, 0.2) is 6.29 Å². The van der Waals surface area contributed by atoms with Crippen LogP contribution in [0.1, 0.15) is 50.1 Å². The lowest BCUT2D eigenvalue weighted by Crippen LogP contribution is -2.41. The summed E-state index contributed by atoms with van der Waals surface area (Å²) in [4.78, 5) is 4.57. The normalized spacial score (nSPS) is 20.7. The van der Waals surface area contributed by atoms with Gasteiger partial charge in [-0.3, -0.25) is 0 Å². The first-order valence-corrected chi connectivity index (χ1v) is 7.74. The van der Waals surface area contributed by atoms with Crippen molar-refractivity contribution in [2.45, 2.75) is 59.0 Å². The number of aryl methyl sites for hydroxylation is 2. The van der Waals surface area contributed by atoms with Crippen LogP contribution in [0.5, 0.6) is 0 Å². The van der Waals surface area contributed by atoms with Gasteiger partial charge in [-0.05, 0) is 59.2 Å². The van der Waals surface area contributed by atoms with Crippen LogP contribution in [0, 0.1) is 13.8 Å². The van der Waals surface area contributed by atoms with E-state index in [1.54, 1.807) is 11.3 Å². The molecule has 1 fully saturated rings. The maximum atomic E-state index is 6.12. The van der Waals surface area contributed by atoms with Crippen LogP contribution in [0.15, 0.2) is 12.1 Å². The summed E-state index contributed by atoms with van der Waals surface area (Å²) in [6.45, 7) is 12.4. The first kappa shape index (κ1) is 16.4. The first-order chi connectivity index (χ1) is 9.19. The lowest BCUT2D eigenvalue weighted by Gasteiger charge is -2.30. The molecule has 4 nitrogen and oxygen atoms in total. The molecule has 0 bridgehead atoms. The average Bonchev–Trinajstić information content (AvgIpc) is 2.77. The molecule has 0 unspecified atom stereocenters. The minimum Gasteiger partial charge on any atom is -0.344 e. The van der Waals surface area contributed by atoms with Crippen LogP contribution in [0.25, 0.3) is 10.2 Å². The number of rotatable bonds is 1. The molecule has 3 N–H and O–H groups in total. The minimum absolute atomic E-state index is 0. The lowest BCUT2D eigenvalue weighted by atomic mass is 9.90. The molecule has 1 saturated heterocycles. The summed E-state index contributed by atoms with van der Waals surface area (Å²) in [5.74, 6) is 0. The number of ether oxygens (including phenoxy) is 2. The first-order valence-electron chi connectivity index (χ1n) is 6.93. The Kier molecular flexibility index (Phi) is 3.91. The third-order valence-corrected chi connectivity index (χ3v) is 5.26. The summed E-state index contributed by atoms with van der Waals surface area (Å²) in [6.07, 6.45) is -0.300. The van der Waals surface area contributed by atoms with Gasteiger partial charge in [-0.2, -0.15) is 0 Å². The van der Waals surface area contributed by atoms with E-state index >= 15 is 0 Å². The molecule has 2 aromatic rings. The van der Waals surface area contributed by atoms with E-state index in [0.717, 1.165) is 16.1 Å². The smallest absolute Gasteiger partial charge is 0.185 e. The van der Waals surface area contributed by atoms with Gasteiger partial charge in [0.05, 0.1) is 26.4 Å². The Hall–Kier alpha value is -1.01. The third kappa shape index (κ3) is 2.59. The van der Waals surface area contributed by atoms with E-state index in [0.29, 0.717) is 0 Å². The van der Waals surface area contributed by atoms with Crippen molar-refractivity contribution in [3.05, 3.63) is 28.3 Å². The Morgan fingerprint density at radius 1 is 1.05 bits per heavy atom. The van der Waals surface area contributed by atoms with E-state index in [-0.39, 0.29) is 23.6 Å². The van der Waals surface area contributed by atoms with Gasteiger partial charge in [0.25, 0.3) is 0 Å². The summed E-state index contributed by atoms with van der Waals surface area (Å²) >= 11 is 1.72. The van der Waals surface area contributed by atoms with Crippen molar-refractivity contribution in [2.75, 3.05) is 0 Å². The molecule has 1 aromatic heterocycles. The predicted octanol–water partition coefficient (Wildman–Crippen LogP) is 4.68. The molecule has 2 heterocycles. The number of thiazole rings is 1.